The van der Waals surface area contributed by atoms with Crippen LogP contribution in [0.5, 0.6) is 0 Å². The molecule has 2 aromatic carbocycles. The first-order valence-corrected chi connectivity index (χ1v) is 9.68. The van der Waals surface area contributed by atoms with Gasteiger partial charge < -0.3 is 10.6 Å². The molecule has 2 heterocycles. The van der Waals surface area contributed by atoms with E-state index >= 15 is 0 Å². The number of carbonyl (C=O) groups excluding carboxylic acids is 2. The van der Waals surface area contributed by atoms with Gasteiger partial charge in [0.05, 0.1) is 16.8 Å². The van der Waals surface area contributed by atoms with Crippen LogP contribution in [0.2, 0.25) is 0 Å². The molecular weight excluding hydrogens is 368 g/mol. The van der Waals surface area contributed by atoms with Crippen LogP contribution in [-0.4, -0.2) is 18.4 Å². The monoisotopic (exact) mass is 390 g/mol. The molecule has 2 aliphatic heterocycles. The highest BCUT2D eigenvalue weighted by atomic mass is 32.1. The van der Waals surface area contributed by atoms with Crippen molar-refractivity contribution >= 4 is 35.7 Å². The van der Waals surface area contributed by atoms with Gasteiger partial charge in [-0.25, -0.2) is 0 Å². The van der Waals surface area contributed by atoms with Crippen molar-refractivity contribution in [3.63, 3.8) is 0 Å². The van der Waals surface area contributed by atoms with Crippen LogP contribution in [0.4, 0.5) is 0 Å². The predicted octanol–water partition coefficient (Wildman–Crippen LogP) is 3.70. The molecule has 4 nitrogen and oxygen atoms in total. The molecule has 2 amide bonds. The summed E-state index contributed by atoms with van der Waals surface area (Å²) in [4.78, 5) is 26.3. The van der Waals surface area contributed by atoms with Gasteiger partial charge in [0.2, 0.25) is 0 Å². The molecule has 4 rings (SSSR count). The fourth-order valence-corrected chi connectivity index (χ4v) is 3.75. The van der Waals surface area contributed by atoms with Crippen molar-refractivity contribution in [1.29, 1.82) is 0 Å². The molecule has 0 aliphatic carbocycles. The van der Waals surface area contributed by atoms with E-state index < -0.39 is 0 Å². The summed E-state index contributed by atoms with van der Waals surface area (Å²) in [5.41, 5.74) is 5.24. The Hall–Kier alpha value is -2.79. The zero-order valence-corrected chi connectivity index (χ0v) is 17.0. The number of carbonyl (C=O) groups is 2. The van der Waals surface area contributed by atoms with Gasteiger partial charge in [0.1, 0.15) is 0 Å². The van der Waals surface area contributed by atoms with Gasteiger partial charge in [-0.1, -0.05) is 57.2 Å². The third-order valence-electron chi connectivity index (χ3n) is 5.18. The van der Waals surface area contributed by atoms with Gasteiger partial charge in [-0.15, -0.1) is 12.6 Å². The van der Waals surface area contributed by atoms with Crippen LogP contribution in [0, 0.1) is 0 Å². The molecule has 0 saturated carbocycles. The Morgan fingerprint density at radius 2 is 1.43 bits per heavy atom. The second-order valence-electron chi connectivity index (χ2n) is 8.11. The Morgan fingerprint density at radius 1 is 0.821 bits per heavy atom. The molecule has 142 valence electrons. The largest absolute Gasteiger partial charge is 0.348 e. The highest BCUT2D eigenvalue weighted by Crippen LogP contribution is 2.36. The van der Waals surface area contributed by atoms with Crippen LogP contribution in [-0.2, 0) is 15.0 Å². The lowest BCUT2D eigenvalue weighted by atomic mass is 9.86. The van der Waals surface area contributed by atoms with Crippen molar-refractivity contribution in [1.82, 2.24) is 10.6 Å². The maximum absolute atomic E-state index is 12.8. The molecule has 0 saturated heterocycles. The Bertz CT molecular complexity index is 1040. The standard InChI is InChI=1S/C23H22N2O2S/c1-23(2,3)15-8-4-14(5-9-15)20-19-18(22(27)25-20)17(12-24-21(19)26)13-6-10-16(28)11-7-13/h4-11,28H,12H2,1-3H3,(H,24,26)(H,25,27). The minimum Gasteiger partial charge on any atom is -0.348 e. The molecule has 0 radical (unpaired) electrons. The second kappa shape index (κ2) is 6.67. The number of rotatable bonds is 2. The Morgan fingerprint density at radius 3 is 2.04 bits per heavy atom. The number of nitrogens with one attached hydrogen (secondary N) is 2. The Labute approximate surface area is 170 Å². The lowest BCUT2D eigenvalue weighted by molar-refractivity contribution is -0.119. The van der Waals surface area contributed by atoms with E-state index in [1.165, 1.54) is 5.56 Å². The van der Waals surface area contributed by atoms with Crippen LogP contribution in [0.3, 0.4) is 0 Å². The summed E-state index contributed by atoms with van der Waals surface area (Å²) in [5, 5.41) is 5.83. The summed E-state index contributed by atoms with van der Waals surface area (Å²) in [6.45, 7) is 6.78. The molecule has 0 aromatic heterocycles. The van der Waals surface area contributed by atoms with Gasteiger partial charge in [0.15, 0.2) is 0 Å². The Kier molecular flexibility index (Phi) is 4.42. The number of thiol groups is 1. The number of fused-ring (bicyclic) bond motifs is 1. The van der Waals surface area contributed by atoms with E-state index in [2.05, 4.69) is 44.0 Å². The molecule has 0 bridgehead atoms. The van der Waals surface area contributed by atoms with E-state index in [4.69, 9.17) is 0 Å². The average molecular weight is 391 g/mol. The van der Waals surface area contributed by atoms with Crippen LogP contribution < -0.4 is 10.6 Å². The molecule has 2 aromatic rings. The normalized spacial score (nSPS) is 16.9. The van der Waals surface area contributed by atoms with Crippen molar-refractivity contribution < 1.29 is 9.59 Å². The minimum absolute atomic E-state index is 0.0366. The molecule has 0 spiro atoms. The first-order valence-electron chi connectivity index (χ1n) is 9.23. The number of amides is 2. The van der Waals surface area contributed by atoms with Gasteiger partial charge in [0, 0.05) is 11.4 Å². The lowest BCUT2D eigenvalue weighted by Gasteiger charge is -2.20. The quantitative estimate of drug-likeness (QED) is 0.685. The molecule has 0 fully saturated rings. The van der Waals surface area contributed by atoms with E-state index in [9.17, 15) is 9.59 Å². The summed E-state index contributed by atoms with van der Waals surface area (Å²) in [6, 6.07) is 15.6. The van der Waals surface area contributed by atoms with E-state index in [0.29, 0.717) is 23.4 Å². The van der Waals surface area contributed by atoms with Crippen LogP contribution >= 0.6 is 12.6 Å². The van der Waals surface area contributed by atoms with Crippen molar-refractivity contribution in [2.45, 2.75) is 31.1 Å². The zero-order chi connectivity index (χ0) is 20.1. The van der Waals surface area contributed by atoms with Gasteiger partial charge in [-0.2, -0.15) is 0 Å². The summed E-state index contributed by atoms with van der Waals surface area (Å²) in [7, 11) is 0. The van der Waals surface area contributed by atoms with Crippen molar-refractivity contribution in [2.75, 3.05) is 6.54 Å². The van der Waals surface area contributed by atoms with Gasteiger partial charge >= 0.3 is 0 Å². The number of hydrogen-bond acceptors (Lipinski definition) is 3. The van der Waals surface area contributed by atoms with Gasteiger partial charge in [-0.05, 0) is 39.8 Å². The van der Waals surface area contributed by atoms with Gasteiger partial charge in [0.25, 0.3) is 11.8 Å². The van der Waals surface area contributed by atoms with Crippen molar-refractivity contribution in [2.24, 2.45) is 0 Å². The third-order valence-corrected chi connectivity index (χ3v) is 5.47. The summed E-state index contributed by atoms with van der Waals surface area (Å²) >= 11 is 4.32. The fraction of sp³-hybridized carbons (Fsp3) is 0.217. The SMILES string of the molecule is CC(C)(C)c1ccc(C2=C3C(=O)NCC(c4ccc(S)cc4)=C3C(=O)N2)cc1. The molecular formula is C23H22N2O2S. The van der Waals surface area contributed by atoms with Crippen molar-refractivity contribution in [3.8, 4) is 0 Å². The highest BCUT2D eigenvalue weighted by Gasteiger charge is 2.38. The van der Waals surface area contributed by atoms with Crippen LogP contribution in [0.25, 0.3) is 11.3 Å². The zero-order valence-electron chi connectivity index (χ0n) is 16.1. The van der Waals surface area contributed by atoms with E-state index in [-0.39, 0.29) is 17.2 Å². The first kappa shape index (κ1) is 18.6. The van der Waals surface area contributed by atoms with Gasteiger partial charge in [-0.3, -0.25) is 9.59 Å². The van der Waals surface area contributed by atoms with E-state index in [0.717, 1.165) is 21.6 Å². The summed E-state index contributed by atoms with van der Waals surface area (Å²) < 4.78 is 0. The molecule has 28 heavy (non-hydrogen) atoms. The topological polar surface area (TPSA) is 58.2 Å². The van der Waals surface area contributed by atoms with Crippen LogP contribution in [0.1, 0.15) is 37.5 Å². The second-order valence-corrected chi connectivity index (χ2v) is 8.63. The summed E-state index contributed by atoms with van der Waals surface area (Å²) in [5.74, 6) is -0.456. The maximum atomic E-state index is 12.8. The fourth-order valence-electron chi connectivity index (χ4n) is 3.60. The number of benzene rings is 2. The summed E-state index contributed by atoms with van der Waals surface area (Å²) in [6.07, 6.45) is 0. The highest BCUT2D eigenvalue weighted by molar-refractivity contribution is 7.80. The van der Waals surface area contributed by atoms with E-state index in [1.54, 1.807) is 0 Å². The molecule has 0 unspecified atom stereocenters. The average Bonchev–Trinajstić information content (AvgIpc) is 3.01. The van der Waals surface area contributed by atoms with E-state index in [1.807, 2.05) is 48.5 Å². The maximum Gasteiger partial charge on any atom is 0.256 e. The molecule has 2 N–H and O–H groups in total. The van der Waals surface area contributed by atoms with Crippen molar-refractivity contribution in [3.05, 3.63) is 76.4 Å². The third kappa shape index (κ3) is 3.16. The predicted molar refractivity (Wildman–Crippen MR) is 114 cm³/mol. The molecule has 5 heteroatoms. The minimum atomic E-state index is -0.232. The molecule has 2 aliphatic rings. The smallest absolute Gasteiger partial charge is 0.256 e. The first-order chi connectivity index (χ1) is 13.3. The number of hydrogen-bond donors (Lipinski definition) is 3. The lowest BCUT2D eigenvalue weighted by Crippen LogP contribution is -2.33. The molecule has 0 atom stereocenters. The Balaban J connectivity index is 1.85. The van der Waals surface area contributed by atoms with Crippen LogP contribution in [0.15, 0.2) is 64.6 Å².